The molecule has 1 fully saturated rings. The van der Waals surface area contributed by atoms with Crippen LogP contribution < -0.4 is 22.5 Å². The fourth-order valence-corrected chi connectivity index (χ4v) is 3.26. The van der Waals surface area contributed by atoms with E-state index in [9.17, 15) is 30.3 Å². The van der Waals surface area contributed by atoms with E-state index in [1.54, 1.807) is 0 Å². The number of carbonyl (C=O) groups excluding carboxylic acids is 1. The highest BCUT2D eigenvalue weighted by atomic mass is 16.6. The summed E-state index contributed by atoms with van der Waals surface area (Å²) in [6.07, 6.45) is -7.78. The smallest absolute Gasteiger partial charge is 0.249 e. The molecule has 1 saturated carbocycles. The molecule has 1 aliphatic rings. The van der Waals surface area contributed by atoms with Crippen LogP contribution in [0.5, 0.6) is 0 Å². The van der Waals surface area contributed by atoms with Crippen molar-refractivity contribution in [3.05, 3.63) is 0 Å². The molecule has 13 N–H and O–H groups in total. The number of hydrogen-bond donors (Lipinski definition) is 10. The van der Waals surface area contributed by atoms with Gasteiger partial charge in [-0.05, 0) is 25.8 Å². The molecule has 0 spiro atoms. The average Bonchev–Trinajstić information content (AvgIpc) is 2.68. The fourth-order valence-electron chi connectivity index (χ4n) is 3.26. The number of aliphatic hydroxyl groups is 6. The zero-order chi connectivity index (χ0) is 22.3. The van der Waals surface area contributed by atoms with E-state index in [-0.39, 0.29) is 32.4 Å². The molecule has 1 rings (SSSR count). The molecule has 4 unspecified atom stereocenters. The number of hydrogen-bond acceptors (Lipinski definition) is 11. The molecular formula is C17H36N4O8. The number of rotatable bonds is 11. The second kappa shape index (κ2) is 12.1. The Morgan fingerprint density at radius 3 is 2.34 bits per heavy atom. The first-order chi connectivity index (χ1) is 13.5. The first kappa shape index (κ1) is 26.1. The number of carbonyl (C=O) groups is 1. The van der Waals surface area contributed by atoms with E-state index in [0.29, 0.717) is 0 Å². The Morgan fingerprint density at radius 2 is 1.83 bits per heavy atom. The summed E-state index contributed by atoms with van der Waals surface area (Å²) < 4.78 is 5.34. The topological polar surface area (TPSA) is 238 Å². The van der Waals surface area contributed by atoms with Gasteiger partial charge in [-0.15, -0.1) is 0 Å². The quantitative estimate of drug-likeness (QED) is 0.141. The van der Waals surface area contributed by atoms with Gasteiger partial charge in [-0.3, -0.25) is 4.79 Å². The molecule has 29 heavy (non-hydrogen) atoms. The number of ether oxygens (including phenoxy) is 1. The van der Waals surface area contributed by atoms with Gasteiger partial charge in [0.15, 0.2) is 6.29 Å². The van der Waals surface area contributed by atoms with Gasteiger partial charge in [0.1, 0.15) is 18.3 Å². The minimum absolute atomic E-state index is 0.0636. The van der Waals surface area contributed by atoms with Crippen LogP contribution in [0.15, 0.2) is 0 Å². The molecule has 0 aromatic heterocycles. The molecule has 0 aromatic rings. The highest BCUT2D eigenvalue weighted by Crippen LogP contribution is 2.23. The molecular weight excluding hydrogens is 388 g/mol. The molecule has 172 valence electrons. The van der Waals surface area contributed by atoms with Crippen molar-refractivity contribution in [1.82, 2.24) is 5.32 Å². The Bertz CT molecular complexity index is 490. The van der Waals surface area contributed by atoms with Crippen molar-refractivity contribution in [1.29, 1.82) is 0 Å². The third-order valence-electron chi connectivity index (χ3n) is 5.21. The zero-order valence-corrected chi connectivity index (χ0v) is 16.5. The molecule has 0 heterocycles. The first-order valence-corrected chi connectivity index (χ1v) is 9.71. The lowest BCUT2D eigenvalue weighted by atomic mass is 9.86. The summed E-state index contributed by atoms with van der Waals surface area (Å²) >= 11 is 0. The summed E-state index contributed by atoms with van der Waals surface area (Å²) in [5.74, 6) is -1.29. The molecule has 0 saturated heterocycles. The molecule has 0 bridgehead atoms. The molecule has 1 aliphatic carbocycles. The van der Waals surface area contributed by atoms with Crippen molar-refractivity contribution < 1.29 is 40.2 Å². The standard InChI is InChI=1S/C17H36N4O8/c1-7(6-22)13(25)14(26)12(20)17(28)29-15-9(19)4-8(5-11(15)24)21-16(27)10(23)2-3-18/h7-15,17,22-26,28H,2-6,18-20H2,1H3,(H,21,27)/t7?,8?,9?,10-,11+,12?,13+,14+,15+,17+/m0/s1. The van der Waals surface area contributed by atoms with Crippen LogP contribution in [0.4, 0.5) is 0 Å². The van der Waals surface area contributed by atoms with E-state index >= 15 is 0 Å². The van der Waals surface area contributed by atoms with Crippen molar-refractivity contribution in [2.45, 2.75) is 81.1 Å². The van der Waals surface area contributed by atoms with Gasteiger partial charge in [-0.25, -0.2) is 0 Å². The second-order valence-corrected chi connectivity index (χ2v) is 7.71. The summed E-state index contributed by atoms with van der Waals surface area (Å²) in [6.45, 7) is 1.25. The molecule has 1 amide bonds. The summed E-state index contributed by atoms with van der Waals surface area (Å²) in [5.41, 5.74) is 17.0. The van der Waals surface area contributed by atoms with E-state index < -0.39 is 66.8 Å². The van der Waals surface area contributed by atoms with Crippen LogP contribution in [0.2, 0.25) is 0 Å². The SMILES string of the molecule is CC(CO)[C@@H](O)[C@H](O)C(N)[C@H](O)O[C@@H]1C(N)CC(NC(=O)[C@@H](O)CCN)C[C@H]1O. The van der Waals surface area contributed by atoms with Crippen LogP contribution in [-0.2, 0) is 9.53 Å². The van der Waals surface area contributed by atoms with Crippen LogP contribution in [0, 0.1) is 5.92 Å². The average molecular weight is 424 g/mol. The highest BCUT2D eigenvalue weighted by Gasteiger charge is 2.40. The van der Waals surface area contributed by atoms with Crippen molar-refractivity contribution in [2.75, 3.05) is 13.2 Å². The van der Waals surface area contributed by atoms with Crippen LogP contribution >= 0.6 is 0 Å². The van der Waals surface area contributed by atoms with Crippen LogP contribution in [0.25, 0.3) is 0 Å². The van der Waals surface area contributed by atoms with Gasteiger partial charge in [0.2, 0.25) is 5.91 Å². The minimum atomic E-state index is -1.74. The van der Waals surface area contributed by atoms with E-state index in [2.05, 4.69) is 5.32 Å². The first-order valence-electron chi connectivity index (χ1n) is 9.71. The van der Waals surface area contributed by atoms with Crippen molar-refractivity contribution >= 4 is 5.91 Å². The van der Waals surface area contributed by atoms with Crippen molar-refractivity contribution in [3.63, 3.8) is 0 Å². The van der Waals surface area contributed by atoms with Gasteiger partial charge in [0.25, 0.3) is 0 Å². The summed E-state index contributed by atoms with van der Waals surface area (Å²) in [6, 6.07) is -2.71. The Balaban J connectivity index is 2.62. The maximum absolute atomic E-state index is 11.9. The Labute approximate surface area is 169 Å². The van der Waals surface area contributed by atoms with Crippen LogP contribution in [0.3, 0.4) is 0 Å². The molecule has 12 nitrogen and oxygen atoms in total. The fraction of sp³-hybridized carbons (Fsp3) is 0.941. The Morgan fingerprint density at radius 1 is 1.21 bits per heavy atom. The number of nitrogens with one attached hydrogen (secondary N) is 1. The highest BCUT2D eigenvalue weighted by molar-refractivity contribution is 5.80. The van der Waals surface area contributed by atoms with Crippen LogP contribution in [0.1, 0.15) is 26.2 Å². The third-order valence-corrected chi connectivity index (χ3v) is 5.21. The van der Waals surface area contributed by atoms with E-state index in [1.165, 1.54) is 6.92 Å². The minimum Gasteiger partial charge on any atom is -0.396 e. The van der Waals surface area contributed by atoms with Gasteiger partial charge in [0.05, 0.1) is 18.2 Å². The van der Waals surface area contributed by atoms with Crippen molar-refractivity contribution in [2.24, 2.45) is 23.1 Å². The number of nitrogens with two attached hydrogens (primary N) is 3. The van der Waals surface area contributed by atoms with Gasteiger partial charge in [0, 0.05) is 24.6 Å². The number of amides is 1. The van der Waals surface area contributed by atoms with E-state index in [1.807, 2.05) is 0 Å². The monoisotopic (exact) mass is 424 g/mol. The lowest BCUT2D eigenvalue weighted by Gasteiger charge is -2.40. The van der Waals surface area contributed by atoms with E-state index in [0.717, 1.165) is 0 Å². The maximum Gasteiger partial charge on any atom is 0.249 e. The predicted molar refractivity (Wildman–Crippen MR) is 102 cm³/mol. The summed E-state index contributed by atoms with van der Waals surface area (Å²) in [5, 5.41) is 61.8. The van der Waals surface area contributed by atoms with E-state index in [4.69, 9.17) is 27.0 Å². The normalized spacial score (nSPS) is 31.4. The third kappa shape index (κ3) is 7.36. The zero-order valence-electron chi connectivity index (χ0n) is 16.5. The molecule has 0 radical (unpaired) electrons. The van der Waals surface area contributed by atoms with Crippen LogP contribution in [-0.4, -0.2) is 105 Å². The Hall–Kier alpha value is -0.930. The number of aliphatic hydroxyl groups excluding tert-OH is 6. The molecule has 0 aromatic carbocycles. The molecule has 12 heteroatoms. The lowest BCUT2D eigenvalue weighted by Crippen LogP contribution is -2.60. The predicted octanol–water partition coefficient (Wildman–Crippen LogP) is -4.96. The van der Waals surface area contributed by atoms with Crippen molar-refractivity contribution in [3.8, 4) is 0 Å². The molecule has 10 atom stereocenters. The molecule has 0 aliphatic heterocycles. The summed E-state index contributed by atoms with van der Waals surface area (Å²) in [4.78, 5) is 11.9. The largest absolute Gasteiger partial charge is 0.396 e. The maximum atomic E-state index is 11.9. The second-order valence-electron chi connectivity index (χ2n) is 7.71. The lowest BCUT2D eigenvalue weighted by molar-refractivity contribution is -0.206. The Kier molecular flexibility index (Phi) is 10.8. The van der Waals surface area contributed by atoms with Gasteiger partial charge >= 0.3 is 0 Å². The van der Waals surface area contributed by atoms with Gasteiger partial charge in [-0.1, -0.05) is 6.92 Å². The van der Waals surface area contributed by atoms with Gasteiger partial charge < -0.3 is 57.9 Å². The van der Waals surface area contributed by atoms with Gasteiger partial charge in [-0.2, -0.15) is 0 Å². The summed E-state index contributed by atoms with van der Waals surface area (Å²) in [7, 11) is 0.